The molecule has 0 amide bonds. The molecule has 0 bridgehead atoms. The Hall–Kier alpha value is -0.340. The van der Waals surface area contributed by atoms with Gasteiger partial charge in [-0.3, -0.25) is 4.99 Å². The SMILES string of the molecule is C=CCNC(=NCCOCC1CCCO1)NCC.I. The number of rotatable bonds is 8. The van der Waals surface area contributed by atoms with Gasteiger partial charge in [-0.2, -0.15) is 0 Å². The summed E-state index contributed by atoms with van der Waals surface area (Å²) < 4.78 is 11.0. The fourth-order valence-corrected chi connectivity index (χ4v) is 1.72. The highest BCUT2D eigenvalue weighted by molar-refractivity contribution is 14.0. The smallest absolute Gasteiger partial charge is 0.191 e. The zero-order chi connectivity index (χ0) is 13.1. The van der Waals surface area contributed by atoms with Crippen LogP contribution in [0.5, 0.6) is 0 Å². The van der Waals surface area contributed by atoms with Crippen LogP contribution in [0.1, 0.15) is 19.8 Å². The molecule has 0 aromatic carbocycles. The highest BCUT2D eigenvalue weighted by Crippen LogP contribution is 2.11. The molecule has 1 atom stereocenters. The van der Waals surface area contributed by atoms with Crippen LogP contribution in [0.4, 0.5) is 0 Å². The summed E-state index contributed by atoms with van der Waals surface area (Å²) >= 11 is 0. The molecule has 112 valence electrons. The number of aliphatic imine (C=N–C) groups is 1. The van der Waals surface area contributed by atoms with Crippen molar-refractivity contribution in [2.24, 2.45) is 4.99 Å². The fraction of sp³-hybridized carbons (Fsp3) is 0.769. The van der Waals surface area contributed by atoms with Gasteiger partial charge in [0, 0.05) is 19.7 Å². The van der Waals surface area contributed by atoms with E-state index in [2.05, 4.69) is 22.2 Å². The molecule has 5 nitrogen and oxygen atoms in total. The van der Waals surface area contributed by atoms with E-state index >= 15 is 0 Å². The van der Waals surface area contributed by atoms with Gasteiger partial charge in [-0.15, -0.1) is 30.6 Å². The van der Waals surface area contributed by atoms with Gasteiger partial charge in [0.15, 0.2) is 5.96 Å². The van der Waals surface area contributed by atoms with Crippen LogP contribution in [0.2, 0.25) is 0 Å². The molecule has 0 spiro atoms. The van der Waals surface area contributed by atoms with Gasteiger partial charge < -0.3 is 20.1 Å². The summed E-state index contributed by atoms with van der Waals surface area (Å²) in [6.07, 6.45) is 4.37. The van der Waals surface area contributed by atoms with Crippen LogP contribution in [-0.4, -0.2) is 51.5 Å². The summed E-state index contributed by atoms with van der Waals surface area (Å²) in [4.78, 5) is 4.40. The number of hydrogen-bond donors (Lipinski definition) is 2. The van der Waals surface area contributed by atoms with Gasteiger partial charge in [-0.05, 0) is 19.8 Å². The fourth-order valence-electron chi connectivity index (χ4n) is 1.72. The second kappa shape index (κ2) is 12.7. The van der Waals surface area contributed by atoms with Gasteiger partial charge in [-0.25, -0.2) is 0 Å². The normalized spacial score (nSPS) is 18.8. The van der Waals surface area contributed by atoms with E-state index < -0.39 is 0 Å². The van der Waals surface area contributed by atoms with E-state index in [1.165, 1.54) is 0 Å². The third-order valence-corrected chi connectivity index (χ3v) is 2.59. The third kappa shape index (κ3) is 9.23. The molecule has 1 unspecified atom stereocenters. The number of nitrogens with one attached hydrogen (secondary N) is 2. The van der Waals surface area contributed by atoms with E-state index in [4.69, 9.17) is 9.47 Å². The van der Waals surface area contributed by atoms with Gasteiger partial charge >= 0.3 is 0 Å². The average Bonchev–Trinajstić information content (AvgIpc) is 2.88. The second-order valence-electron chi connectivity index (χ2n) is 4.14. The van der Waals surface area contributed by atoms with Crippen LogP contribution >= 0.6 is 24.0 Å². The lowest BCUT2D eigenvalue weighted by Gasteiger charge is -2.11. The van der Waals surface area contributed by atoms with E-state index in [9.17, 15) is 0 Å². The minimum absolute atomic E-state index is 0. The number of hydrogen-bond acceptors (Lipinski definition) is 3. The predicted octanol–water partition coefficient (Wildman–Crippen LogP) is 1.54. The number of ether oxygens (including phenoxy) is 2. The minimum atomic E-state index is 0. The molecular weight excluding hydrogens is 357 g/mol. The van der Waals surface area contributed by atoms with Crippen LogP contribution in [0.3, 0.4) is 0 Å². The number of guanidine groups is 1. The molecule has 2 N–H and O–H groups in total. The van der Waals surface area contributed by atoms with Crippen molar-refractivity contribution in [2.45, 2.75) is 25.9 Å². The standard InChI is InChI=1S/C13H25N3O2.HI/c1-3-7-15-13(14-4-2)16-8-10-17-11-12-6-5-9-18-12;/h3,12H,1,4-11H2,2H3,(H2,14,15,16);1H. The average molecular weight is 383 g/mol. The van der Waals surface area contributed by atoms with Crippen molar-refractivity contribution in [1.82, 2.24) is 10.6 Å². The topological polar surface area (TPSA) is 54.9 Å². The summed E-state index contributed by atoms with van der Waals surface area (Å²) in [6.45, 7) is 10.1. The molecule has 1 rings (SSSR count). The van der Waals surface area contributed by atoms with E-state index in [1.54, 1.807) is 6.08 Å². The Bertz CT molecular complexity index is 256. The van der Waals surface area contributed by atoms with Crippen LogP contribution in [0, 0.1) is 0 Å². The van der Waals surface area contributed by atoms with E-state index in [0.717, 1.165) is 32.0 Å². The first-order valence-corrected chi connectivity index (χ1v) is 6.69. The maximum atomic E-state index is 5.54. The lowest BCUT2D eigenvalue weighted by atomic mass is 10.2. The summed E-state index contributed by atoms with van der Waals surface area (Å²) in [7, 11) is 0. The van der Waals surface area contributed by atoms with Gasteiger partial charge in [-0.1, -0.05) is 6.08 Å². The van der Waals surface area contributed by atoms with Gasteiger partial charge in [0.05, 0.1) is 25.9 Å². The van der Waals surface area contributed by atoms with Crippen molar-refractivity contribution in [3.63, 3.8) is 0 Å². The second-order valence-corrected chi connectivity index (χ2v) is 4.14. The first kappa shape index (κ1) is 18.7. The summed E-state index contributed by atoms with van der Waals surface area (Å²) in [5, 5.41) is 6.30. The maximum Gasteiger partial charge on any atom is 0.191 e. The first-order valence-electron chi connectivity index (χ1n) is 6.69. The zero-order valence-electron chi connectivity index (χ0n) is 11.7. The van der Waals surface area contributed by atoms with Crippen LogP contribution in [0.25, 0.3) is 0 Å². The Balaban J connectivity index is 0.00000324. The largest absolute Gasteiger partial charge is 0.377 e. The molecule has 1 fully saturated rings. The predicted molar refractivity (Wildman–Crippen MR) is 89.4 cm³/mol. The first-order chi connectivity index (χ1) is 8.86. The molecule has 1 saturated heterocycles. The molecular formula is C13H26IN3O2. The Morgan fingerprint density at radius 1 is 1.53 bits per heavy atom. The monoisotopic (exact) mass is 383 g/mol. The molecule has 6 heteroatoms. The minimum Gasteiger partial charge on any atom is -0.377 e. The van der Waals surface area contributed by atoms with Crippen LogP contribution in [-0.2, 0) is 9.47 Å². The molecule has 0 aromatic rings. The van der Waals surface area contributed by atoms with E-state index in [-0.39, 0.29) is 24.0 Å². The van der Waals surface area contributed by atoms with Gasteiger partial charge in [0.2, 0.25) is 0 Å². The van der Waals surface area contributed by atoms with Crippen LogP contribution in [0.15, 0.2) is 17.6 Å². The van der Waals surface area contributed by atoms with Crippen LogP contribution < -0.4 is 10.6 Å². The molecule has 0 radical (unpaired) electrons. The zero-order valence-corrected chi connectivity index (χ0v) is 14.0. The molecule has 0 saturated carbocycles. The molecule has 19 heavy (non-hydrogen) atoms. The number of nitrogens with zero attached hydrogens (tertiary/aromatic N) is 1. The summed E-state index contributed by atoms with van der Waals surface area (Å²) in [6, 6.07) is 0. The van der Waals surface area contributed by atoms with Crippen molar-refractivity contribution in [1.29, 1.82) is 0 Å². The van der Waals surface area contributed by atoms with Gasteiger partial charge in [0.25, 0.3) is 0 Å². The van der Waals surface area contributed by atoms with Crippen molar-refractivity contribution in [2.75, 3.05) is 39.5 Å². The lowest BCUT2D eigenvalue weighted by Crippen LogP contribution is -2.37. The quantitative estimate of drug-likeness (QED) is 0.220. The van der Waals surface area contributed by atoms with E-state index in [1.807, 2.05) is 6.92 Å². The lowest BCUT2D eigenvalue weighted by molar-refractivity contribution is 0.0200. The molecule has 1 aliphatic rings. The Kier molecular flexibility index (Phi) is 12.5. The Labute approximate surface area is 133 Å². The van der Waals surface area contributed by atoms with Crippen molar-refractivity contribution >= 4 is 29.9 Å². The Morgan fingerprint density at radius 3 is 3.00 bits per heavy atom. The van der Waals surface area contributed by atoms with Crippen molar-refractivity contribution in [3.8, 4) is 0 Å². The van der Waals surface area contributed by atoms with Crippen molar-refractivity contribution in [3.05, 3.63) is 12.7 Å². The molecule has 0 aromatic heterocycles. The molecule has 1 heterocycles. The van der Waals surface area contributed by atoms with E-state index in [0.29, 0.717) is 32.4 Å². The number of halogens is 1. The highest BCUT2D eigenvalue weighted by Gasteiger charge is 2.14. The molecule has 0 aliphatic carbocycles. The molecule has 1 aliphatic heterocycles. The Morgan fingerprint density at radius 2 is 2.37 bits per heavy atom. The van der Waals surface area contributed by atoms with Gasteiger partial charge in [0.1, 0.15) is 0 Å². The summed E-state index contributed by atoms with van der Waals surface area (Å²) in [5.74, 6) is 0.804. The maximum absolute atomic E-state index is 5.54. The third-order valence-electron chi connectivity index (χ3n) is 2.59. The summed E-state index contributed by atoms with van der Waals surface area (Å²) in [5.41, 5.74) is 0. The van der Waals surface area contributed by atoms with Crippen molar-refractivity contribution < 1.29 is 9.47 Å². The highest BCUT2D eigenvalue weighted by atomic mass is 127.